The second-order valence-corrected chi connectivity index (χ2v) is 7.90. The third kappa shape index (κ3) is 3.85. The summed E-state index contributed by atoms with van der Waals surface area (Å²) in [7, 11) is 1.66. The van der Waals surface area contributed by atoms with E-state index in [1.165, 1.54) is 0 Å². The Morgan fingerprint density at radius 2 is 1.63 bits per heavy atom. The van der Waals surface area contributed by atoms with E-state index in [0.29, 0.717) is 13.1 Å². The zero-order valence-corrected chi connectivity index (χ0v) is 18.0. The maximum Gasteiger partial charge on any atom is 0.255 e. The Morgan fingerprint density at radius 1 is 1.00 bits per heavy atom. The summed E-state index contributed by atoms with van der Waals surface area (Å²) in [5.74, 6) is 0.861. The first-order chi connectivity index (χ1) is 14.5. The first-order valence-electron chi connectivity index (χ1n) is 10.3. The quantitative estimate of drug-likeness (QED) is 0.632. The second kappa shape index (κ2) is 8.36. The van der Waals surface area contributed by atoms with Gasteiger partial charge in [-0.05, 0) is 68.8 Å². The molecule has 1 amide bonds. The summed E-state index contributed by atoms with van der Waals surface area (Å²) in [5, 5.41) is 0. The van der Waals surface area contributed by atoms with Crippen LogP contribution in [0.25, 0.3) is 16.9 Å². The van der Waals surface area contributed by atoms with Crippen LogP contribution >= 0.6 is 0 Å². The standard InChI is InChI=1S/C25H28N2O3/c1-17-15-26(16-18(2)30-17)25(28)23-14-24(20-10-12-22(29-4)13-11-20)27(19(23)3)21-8-6-5-7-9-21/h5-14,17-18H,15-16H2,1-4H3/t17-,18+. The predicted molar refractivity (Wildman–Crippen MR) is 118 cm³/mol. The van der Waals surface area contributed by atoms with Gasteiger partial charge >= 0.3 is 0 Å². The third-order valence-corrected chi connectivity index (χ3v) is 5.58. The van der Waals surface area contributed by atoms with Crippen molar-refractivity contribution in [2.75, 3.05) is 20.2 Å². The molecule has 3 aromatic rings. The number of amides is 1. The molecular weight excluding hydrogens is 376 g/mol. The molecule has 1 aliphatic heterocycles. The number of nitrogens with zero attached hydrogens (tertiary/aromatic N) is 2. The molecule has 156 valence electrons. The fraction of sp³-hybridized carbons (Fsp3) is 0.320. The molecule has 2 aromatic carbocycles. The van der Waals surface area contributed by atoms with E-state index < -0.39 is 0 Å². The molecule has 2 atom stereocenters. The van der Waals surface area contributed by atoms with Crippen molar-refractivity contribution in [1.29, 1.82) is 0 Å². The molecule has 0 radical (unpaired) electrons. The van der Waals surface area contributed by atoms with Gasteiger partial charge in [0.2, 0.25) is 0 Å². The molecule has 0 aliphatic carbocycles. The average molecular weight is 405 g/mol. The first-order valence-corrected chi connectivity index (χ1v) is 10.3. The summed E-state index contributed by atoms with van der Waals surface area (Å²) >= 11 is 0. The fourth-order valence-corrected chi connectivity index (χ4v) is 4.22. The Hall–Kier alpha value is -3.05. The molecule has 0 N–H and O–H groups in total. The lowest BCUT2D eigenvalue weighted by Gasteiger charge is -2.35. The Balaban J connectivity index is 1.80. The average Bonchev–Trinajstić information content (AvgIpc) is 3.10. The lowest BCUT2D eigenvalue weighted by atomic mass is 10.1. The van der Waals surface area contributed by atoms with Gasteiger partial charge < -0.3 is 18.9 Å². The van der Waals surface area contributed by atoms with Gasteiger partial charge in [0.25, 0.3) is 5.91 Å². The first kappa shape index (κ1) is 20.2. The highest BCUT2D eigenvalue weighted by Gasteiger charge is 2.29. The van der Waals surface area contributed by atoms with Crippen molar-refractivity contribution in [2.45, 2.75) is 33.0 Å². The van der Waals surface area contributed by atoms with E-state index in [9.17, 15) is 4.79 Å². The van der Waals surface area contributed by atoms with E-state index in [2.05, 4.69) is 16.7 Å². The van der Waals surface area contributed by atoms with Gasteiger partial charge in [-0.25, -0.2) is 0 Å². The number of hydrogen-bond donors (Lipinski definition) is 0. The van der Waals surface area contributed by atoms with Crippen molar-refractivity contribution in [2.24, 2.45) is 0 Å². The van der Waals surface area contributed by atoms with Crippen molar-refractivity contribution in [3.8, 4) is 22.7 Å². The Bertz CT molecular complexity index is 1010. The number of carbonyl (C=O) groups is 1. The minimum Gasteiger partial charge on any atom is -0.497 e. The SMILES string of the molecule is COc1ccc(-c2cc(C(=O)N3C[C@@H](C)O[C@@H](C)C3)c(C)n2-c2ccccc2)cc1. The second-order valence-electron chi connectivity index (χ2n) is 7.90. The molecule has 0 unspecified atom stereocenters. The van der Waals surface area contributed by atoms with Gasteiger partial charge in [0.1, 0.15) is 5.75 Å². The van der Waals surface area contributed by atoms with E-state index in [4.69, 9.17) is 9.47 Å². The van der Waals surface area contributed by atoms with E-state index in [-0.39, 0.29) is 18.1 Å². The molecule has 0 bridgehead atoms. The maximum atomic E-state index is 13.5. The molecule has 1 aromatic heterocycles. The molecule has 1 aliphatic rings. The van der Waals surface area contributed by atoms with Crippen LogP contribution in [0.4, 0.5) is 0 Å². The summed E-state index contributed by atoms with van der Waals surface area (Å²) in [4.78, 5) is 15.4. The lowest BCUT2D eigenvalue weighted by molar-refractivity contribution is -0.0586. The van der Waals surface area contributed by atoms with Gasteiger partial charge in [0.15, 0.2) is 0 Å². The van der Waals surface area contributed by atoms with Crippen LogP contribution in [0.15, 0.2) is 60.7 Å². The van der Waals surface area contributed by atoms with Gasteiger partial charge in [0, 0.05) is 24.5 Å². The lowest BCUT2D eigenvalue weighted by Crippen LogP contribution is -2.48. The van der Waals surface area contributed by atoms with Crippen molar-refractivity contribution >= 4 is 5.91 Å². The van der Waals surface area contributed by atoms with Crippen LogP contribution in [0.3, 0.4) is 0 Å². The summed E-state index contributed by atoms with van der Waals surface area (Å²) in [6.45, 7) is 7.26. The van der Waals surface area contributed by atoms with E-state index >= 15 is 0 Å². The number of morpholine rings is 1. The van der Waals surface area contributed by atoms with E-state index in [1.54, 1.807) is 7.11 Å². The summed E-state index contributed by atoms with van der Waals surface area (Å²) in [6, 6.07) is 20.1. The topological polar surface area (TPSA) is 43.7 Å². The van der Waals surface area contributed by atoms with E-state index in [1.807, 2.05) is 74.2 Å². The monoisotopic (exact) mass is 404 g/mol. The molecule has 5 heteroatoms. The zero-order valence-electron chi connectivity index (χ0n) is 18.0. The smallest absolute Gasteiger partial charge is 0.255 e. The summed E-state index contributed by atoms with van der Waals surface area (Å²) in [5.41, 5.74) is 4.71. The summed E-state index contributed by atoms with van der Waals surface area (Å²) in [6.07, 6.45) is 0.0746. The molecule has 30 heavy (non-hydrogen) atoms. The number of ether oxygens (including phenoxy) is 2. The number of benzene rings is 2. The molecule has 2 heterocycles. The third-order valence-electron chi connectivity index (χ3n) is 5.58. The molecular formula is C25H28N2O3. The Morgan fingerprint density at radius 3 is 2.23 bits per heavy atom. The molecule has 5 nitrogen and oxygen atoms in total. The molecule has 4 rings (SSSR count). The van der Waals surface area contributed by atoms with E-state index in [0.717, 1.165) is 34.0 Å². The molecule has 1 fully saturated rings. The van der Waals surface area contributed by atoms with Gasteiger partial charge in [-0.15, -0.1) is 0 Å². The Labute approximate surface area is 177 Å². The van der Waals surface area contributed by atoms with Gasteiger partial charge in [-0.1, -0.05) is 18.2 Å². The van der Waals surface area contributed by atoms with Crippen molar-refractivity contribution in [3.63, 3.8) is 0 Å². The number of carbonyl (C=O) groups excluding carboxylic acids is 1. The van der Waals surface area contributed by atoms with Gasteiger partial charge in [0.05, 0.1) is 30.6 Å². The highest BCUT2D eigenvalue weighted by Crippen LogP contribution is 2.31. The van der Waals surface area contributed by atoms with Crippen LogP contribution in [-0.4, -0.2) is 47.8 Å². The normalized spacial score (nSPS) is 19.0. The number of aromatic nitrogens is 1. The Kier molecular flexibility index (Phi) is 5.64. The van der Waals surface area contributed by atoms with Crippen LogP contribution in [0, 0.1) is 6.92 Å². The van der Waals surface area contributed by atoms with Crippen LogP contribution in [0.2, 0.25) is 0 Å². The summed E-state index contributed by atoms with van der Waals surface area (Å²) < 4.78 is 13.3. The largest absolute Gasteiger partial charge is 0.497 e. The number of hydrogen-bond acceptors (Lipinski definition) is 3. The highest BCUT2D eigenvalue weighted by atomic mass is 16.5. The van der Waals surface area contributed by atoms with Gasteiger partial charge in [-0.3, -0.25) is 4.79 Å². The van der Waals surface area contributed by atoms with Crippen molar-refractivity contribution in [3.05, 3.63) is 71.9 Å². The fourth-order valence-electron chi connectivity index (χ4n) is 4.22. The zero-order chi connectivity index (χ0) is 21.3. The minimum absolute atomic E-state index is 0.0373. The van der Waals surface area contributed by atoms with Crippen LogP contribution in [0.5, 0.6) is 5.75 Å². The number of methoxy groups -OCH3 is 1. The molecule has 0 saturated carbocycles. The van der Waals surface area contributed by atoms with Crippen LogP contribution in [0.1, 0.15) is 29.9 Å². The maximum absolute atomic E-state index is 13.5. The van der Waals surface area contributed by atoms with Crippen molar-refractivity contribution in [1.82, 2.24) is 9.47 Å². The highest BCUT2D eigenvalue weighted by molar-refractivity contribution is 5.97. The van der Waals surface area contributed by atoms with Crippen molar-refractivity contribution < 1.29 is 14.3 Å². The minimum atomic E-state index is 0.0373. The molecule has 1 saturated heterocycles. The molecule has 0 spiro atoms. The van der Waals surface area contributed by atoms with Gasteiger partial charge in [-0.2, -0.15) is 0 Å². The number of para-hydroxylation sites is 1. The number of rotatable bonds is 4. The van der Waals surface area contributed by atoms with Crippen LogP contribution in [-0.2, 0) is 4.74 Å². The predicted octanol–water partition coefficient (Wildman–Crippen LogP) is 4.71. The van der Waals surface area contributed by atoms with Crippen LogP contribution < -0.4 is 4.74 Å².